The SMILES string of the molecule is Cc1[nH]n(-c2ccc(F)cc2)c(=O)c1CCC(=O)Nc1cccc(C(=O)NC2CC2)c1. The number of aryl methyl sites for hydroxylation is 1. The van der Waals surface area contributed by atoms with Crippen LogP contribution in [-0.4, -0.2) is 27.6 Å². The van der Waals surface area contributed by atoms with E-state index >= 15 is 0 Å². The Bertz CT molecular complexity index is 1180. The minimum atomic E-state index is -0.383. The normalized spacial score (nSPS) is 13.1. The standard InChI is InChI=1S/C23H23FN4O3/c1-14-20(23(31)28(27-14)19-9-5-16(24)6-10-19)11-12-21(29)25-18-4-2-3-15(13-18)22(30)26-17-7-8-17/h2-6,9-10,13,17,27H,7-8,11-12H2,1H3,(H,25,29)(H,26,30). The Morgan fingerprint density at radius 1 is 1.16 bits per heavy atom. The number of rotatable bonds is 7. The van der Waals surface area contributed by atoms with Gasteiger partial charge in [-0.2, -0.15) is 0 Å². The van der Waals surface area contributed by atoms with Crippen molar-refractivity contribution in [3.63, 3.8) is 0 Å². The summed E-state index contributed by atoms with van der Waals surface area (Å²) in [5.41, 5.74) is 2.43. The van der Waals surface area contributed by atoms with Gasteiger partial charge in [-0.05, 0) is 68.7 Å². The van der Waals surface area contributed by atoms with Crippen molar-refractivity contribution < 1.29 is 14.0 Å². The van der Waals surface area contributed by atoms with Crippen molar-refractivity contribution >= 4 is 17.5 Å². The molecule has 4 rings (SSSR count). The van der Waals surface area contributed by atoms with Gasteiger partial charge >= 0.3 is 0 Å². The first-order valence-corrected chi connectivity index (χ1v) is 10.2. The molecule has 3 aromatic rings. The maximum absolute atomic E-state index is 13.1. The molecule has 8 heteroatoms. The zero-order valence-corrected chi connectivity index (χ0v) is 17.1. The summed E-state index contributed by atoms with van der Waals surface area (Å²) in [6.07, 6.45) is 2.37. The summed E-state index contributed by atoms with van der Waals surface area (Å²) < 4.78 is 14.5. The van der Waals surface area contributed by atoms with E-state index in [1.807, 2.05) is 0 Å². The van der Waals surface area contributed by atoms with Crippen molar-refractivity contribution in [2.24, 2.45) is 0 Å². The topological polar surface area (TPSA) is 96.0 Å². The first kappa shape index (κ1) is 20.6. The van der Waals surface area contributed by atoms with E-state index in [2.05, 4.69) is 15.7 Å². The quantitative estimate of drug-likeness (QED) is 0.546. The molecule has 2 aromatic carbocycles. The van der Waals surface area contributed by atoms with Gasteiger partial charge in [0, 0.05) is 35.0 Å². The molecule has 1 aliphatic carbocycles. The maximum Gasteiger partial charge on any atom is 0.274 e. The van der Waals surface area contributed by atoms with Crippen LogP contribution in [0.3, 0.4) is 0 Å². The van der Waals surface area contributed by atoms with Gasteiger partial charge in [-0.15, -0.1) is 0 Å². The summed E-state index contributed by atoms with van der Waals surface area (Å²) in [5, 5.41) is 8.66. The van der Waals surface area contributed by atoms with E-state index in [9.17, 15) is 18.8 Å². The highest BCUT2D eigenvalue weighted by Gasteiger charge is 2.23. The molecule has 1 saturated carbocycles. The van der Waals surface area contributed by atoms with Crippen molar-refractivity contribution in [2.45, 2.75) is 38.6 Å². The molecule has 160 valence electrons. The van der Waals surface area contributed by atoms with E-state index in [0.29, 0.717) is 28.2 Å². The van der Waals surface area contributed by atoms with E-state index in [1.165, 1.54) is 28.9 Å². The molecule has 3 N–H and O–H groups in total. The van der Waals surface area contributed by atoms with Crippen molar-refractivity contribution in [3.8, 4) is 5.69 Å². The van der Waals surface area contributed by atoms with Crippen LogP contribution in [0.5, 0.6) is 0 Å². The number of carbonyl (C=O) groups excluding carboxylic acids is 2. The Kier molecular flexibility index (Phi) is 5.70. The molecule has 0 bridgehead atoms. The Labute approximate surface area is 178 Å². The molecule has 7 nitrogen and oxygen atoms in total. The largest absolute Gasteiger partial charge is 0.349 e. The number of hydrogen-bond acceptors (Lipinski definition) is 3. The predicted octanol–water partition coefficient (Wildman–Crippen LogP) is 3.08. The predicted molar refractivity (Wildman–Crippen MR) is 115 cm³/mol. The van der Waals surface area contributed by atoms with Crippen LogP contribution in [0.2, 0.25) is 0 Å². The average Bonchev–Trinajstić information content (AvgIpc) is 3.52. The van der Waals surface area contributed by atoms with Gasteiger partial charge in [0.15, 0.2) is 0 Å². The highest BCUT2D eigenvalue weighted by atomic mass is 19.1. The van der Waals surface area contributed by atoms with Gasteiger partial charge < -0.3 is 10.6 Å². The fourth-order valence-electron chi connectivity index (χ4n) is 3.34. The lowest BCUT2D eigenvalue weighted by molar-refractivity contribution is -0.116. The summed E-state index contributed by atoms with van der Waals surface area (Å²) in [5.74, 6) is -0.790. The Morgan fingerprint density at radius 3 is 2.61 bits per heavy atom. The van der Waals surface area contributed by atoms with Gasteiger partial charge in [0.25, 0.3) is 11.5 Å². The number of benzene rings is 2. The molecule has 0 radical (unpaired) electrons. The molecule has 1 heterocycles. The number of amides is 2. The van der Waals surface area contributed by atoms with Crippen LogP contribution in [-0.2, 0) is 11.2 Å². The van der Waals surface area contributed by atoms with Crippen molar-refractivity contribution in [3.05, 3.63) is 81.5 Å². The zero-order chi connectivity index (χ0) is 22.0. The molecule has 0 spiro atoms. The lowest BCUT2D eigenvalue weighted by atomic mass is 10.1. The molecule has 0 unspecified atom stereocenters. The Hall–Kier alpha value is -3.68. The highest BCUT2D eigenvalue weighted by molar-refractivity contribution is 5.97. The second kappa shape index (κ2) is 8.59. The molecular weight excluding hydrogens is 399 g/mol. The van der Waals surface area contributed by atoms with Gasteiger partial charge in [0.2, 0.25) is 5.91 Å². The highest BCUT2D eigenvalue weighted by Crippen LogP contribution is 2.20. The minimum absolute atomic E-state index is 0.107. The monoisotopic (exact) mass is 422 g/mol. The van der Waals surface area contributed by atoms with Gasteiger partial charge in [0.1, 0.15) is 5.82 Å². The second-order valence-corrected chi connectivity index (χ2v) is 7.71. The molecule has 0 saturated heterocycles. The Morgan fingerprint density at radius 2 is 1.90 bits per heavy atom. The summed E-state index contributed by atoms with van der Waals surface area (Å²) >= 11 is 0. The van der Waals surface area contributed by atoms with Crippen LogP contribution in [0.15, 0.2) is 53.3 Å². The number of aromatic amines is 1. The van der Waals surface area contributed by atoms with Gasteiger partial charge in [-0.3, -0.25) is 19.5 Å². The third-order valence-electron chi connectivity index (χ3n) is 5.20. The van der Waals surface area contributed by atoms with E-state index in [4.69, 9.17) is 0 Å². The number of carbonyl (C=O) groups is 2. The van der Waals surface area contributed by atoms with Crippen LogP contribution in [0.4, 0.5) is 10.1 Å². The van der Waals surface area contributed by atoms with Gasteiger partial charge in [0.05, 0.1) is 5.69 Å². The summed E-state index contributed by atoms with van der Waals surface area (Å²) in [4.78, 5) is 37.3. The van der Waals surface area contributed by atoms with E-state index in [1.54, 1.807) is 31.2 Å². The molecule has 0 atom stereocenters. The molecular formula is C23H23FN4O3. The molecule has 1 aliphatic rings. The smallest absolute Gasteiger partial charge is 0.274 e. The first-order chi connectivity index (χ1) is 14.9. The molecule has 1 aromatic heterocycles. The van der Waals surface area contributed by atoms with Crippen molar-refractivity contribution in [2.75, 3.05) is 5.32 Å². The van der Waals surface area contributed by atoms with Crippen molar-refractivity contribution in [1.82, 2.24) is 15.1 Å². The van der Waals surface area contributed by atoms with Crippen LogP contribution < -0.4 is 16.2 Å². The number of aromatic nitrogens is 2. The third-order valence-corrected chi connectivity index (χ3v) is 5.20. The number of nitrogens with one attached hydrogen (secondary N) is 3. The van der Waals surface area contributed by atoms with Crippen LogP contribution >= 0.6 is 0 Å². The van der Waals surface area contributed by atoms with Crippen molar-refractivity contribution in [1.29, 1.82) is 0 Å². The summed E-state index contributed by atoms with van der Waals surface area (Å²) in [7, 11) is 0. The number of H-pyrrole nitrogens is 1. The van der Waals surface area contributed by atoms with Crippen LogP contribution in [0, 0.1) is 12.7 Å². The molecule has 31 heavy (non-hydrogen) atoms. The number of halogens is 1. The average molecular weight is 422 g/mol. The van der Waals surface area contributed by atoms with Gasteiger partial charge in [-0.1, -0.05) is 6.07 Å². The van der Waals surface area contributed by atoms with Crippen LogP contribution in [0.1, 0.15) is 40.9 Å². The summed E-state index contributed by atoms with van der Waals surface area (Å²) in [6, 6.07) is 12.6. The number of nitrogens with zero attached hydrogens (tertiary/aromatic N) is 1. The van der Waals surface area contributed by atoms with E-state index in [-0.39, 0.29) is 42.1 Å². The lowest BCUT2D eigenvalue weighted by Gasteiger charge is -2.08. The Balaban J connectivity index is 1.39. The summed E-state index contributed by atoms with van der Waals surface area (Å²) in [6.45, 7) is 1.76. The van der Waals surface area contributed by atoms with Crippen LogP contribution in [0.25, 0.3) is 5.69 Å². The second-order valence-electron chi connectivity index (χ2n) is 7.71. The van der Waals surface area contributed by atoms with E-state index < -0.39 is 0 Å². The number of anilines is 1. The van der Waals surface area contributed by atoms with Gasteiger partial charge in [-0.25, -0.2) is 9.07 Å². The third kappa shape index (κ3) is 4.91. The number of hydrogen-bond donors (Lipinski definition) is 3. The minimum Gasteiger partial charge on any atom is -0.349 e. The molecule has 2 amide bonds. The zero-order valence-electron chi connectivity index (χ0n) is 17.1. The molecule has 0 aliphatic heterocycles. The molecule has 1 fully saturated rings. The first-order valence-electron chi connectivity index (χ1n) is 10.2. The fraction of sp³-hybridized carbons (Fsp3) is 0.261. The van der Waals surface area contributed by atoms with E-state index in [0.717, 1.165) is 12.8 Å². The lowest BCUT2D eigenvalue weighted by Crippen LogP contribution is -2.25. The fourth-order valence-corrected chi connectivity index (χ4v) is 3.34. The maximum atomic E-state index is 13.1.